The number of amides is 1. The molecule has 1 aliphatic heterocycles. The molecule has 10 nitrogen and oxygen atoms in total. The number of sulfonamides is 1. The third kappa shape index (κ3) is 9.28. The van der Waals surface area contributed by atoms with Crippen molar-refractivity contribution in [2.45, 2.75) is 42.7 Å². The second kappa shape index (κ2) is 15.9. The van der Waals surface area contributed by atoms with Gasteiger partial charge in [-0.15, -0.1) is 6.42 Å². The molecular weight excluding hydrogens is 616 g/mol. The Bertz CT molecular complexity index is 1590. The van der Waals surface area contributed by atoms with Gasteiger partial charge in [-0.1, -0.05) is 47.9 Å². The molecule has 0 saturated carbocycles. The minimum Gasteiger partial charge on any atom is -0.445 e. The topological polar surface area (TPSA) is 113 Å². The van der Waals surface area contributed by atoms with E-state index in [9.17, 15) is 23.3 Å². The van der Waals surface area contributed by atoms with Gasteiger partial charge in [-0.2, -0.15) is 0 Å². The van der Waals surface area contributed by atoms with Gasteiger partial charge in [0.25, 0.3) is 5.69 Å². The number of terminal acetylenes is 1. The SMILES string of the molecule is C#CCN(C(=O)OCc1ccc([N+](=O)[O-])cc1)C1CCN(CCC(CN(C)S(=O)(=O)c2ccccc2)c2cccc(Cl)c2)CC1. The van der Waals surface area contributed by atoms with Crippen molar-refractivity contribution in [3.8, 4) is 12.3 Å². The van der Waals surface area contributed by atoms with Gasteiger partial charge in [-0.3, -0.25) is 15.0 Å². The summed E-state index contributed by atoms with van der Waals surface area (Å²) in [5, 5.41) is 11.5. The molecule has 0 radical (unpaired) electrons. The summed E-state index contributed by atoms with van der Waals surface area (Å²) >= 11 is 6.31. The number of non-ortho nitro benzene ring substituents is 1. The van der Waals surface area contributed by atoms with Crippen LogP contribution in [0.25, 0.3) is 0 Å². The summed E-state index contributed by atoms with van der Waals surface area (Å²) in [6.07, 6.45) is 7.18. The number of nitro groups is 1. The number of rotatable bonds is 13. The van der Waals surface area contributed by atoms with Crippen LogP contribution >= 0.6 is 11.6 Å². The van der Waals surface area contributed by atoms with Crippen LogP contribution in [0.2, 0.25) is 5.02 Å². The standard InChI is InChI=1S/C33H37ClN4O6S/c1-3-19-37(33(39)44-25-26-12-14-31(15-13-26)38(40)41)30-17-21-36(22-18-30)20-16-28(27-8-7-9-29(34)23-27)24-35(2)45(42,43)32-10-5-4-6-11-32/h1,4-15,23,28,30H,16-22,24-25H2,2H3. The van der Waals surface area contributed by atoms with Gasteiger partial charge in [0.05, 0.1) is 16.4 Å². The Balaban J connectivity index is 1.34. The fourth-order valence-corrected chi connectivity index (χ4v) is 6.92. The Morgan fingerprint density at radius 2 is 1.80 bits per heavy atom. The summed E-state index contributed by atoms with van der Waals surface area (Å²) < 4.78 is 33.4. The minimum atomic E-state index is -3.66. The number of hydrogen-bond donors (Lipinski definition) is 0. The first-order chi connectivity index (χ1) is 21.6. The number of piperidine rings is 1. The van der Waals surface area contributed by atoms with Gasteiger partial charge >= 0.3 is 6.09 Å². The van der Waals surface area contributed by atoms with Crippen molar-refractivity contribution in [3.63, 3.8) is 0 Å². The number of hydrogen-bond acceptors (Lipinski definition) is 7. The van der Waals surface area contributed by atoms with Crippen LogP contribution in [0.1, 0.15) is 36.3 Å². The fraction of sp³-hybridized carbons (Fsp3) is 0.364. The second-order valence-corrected chi connectivity index (χ2v) is 13.5. The summed E-state index contributed by atoms with van der Waals surface area (Å²) in [5.74, 6) is 2.47. The van der Waals surface area contributed by atoms with E-state index in [0.29, 0.717) is 36.4 Å². The quantitative estimate of drug-likeness (QED) is 0.131. The largest absolute Gasteiger partial charge is 0.445 e. The molecule has 1 heterocycles. The normalized spacial score (nSPS) is 14.9. The molecule has 0 aliphatic carbocycles. The zero-order valence-electron chi connectivity index (χ0n) is 25.1. The van der Waals surface area contributed by atoms with Crippen LogP contribution < -0.4 is 0 Å². The summed E-state index contributed by atoms with van der Waals surface area (Å²) in [7, 11) is -2.06. The molecule has 4 rings (SSSR count). The molecule has 0 spiro atoms. The number of carbonyl (C=O) groups is 1. The van der Waals surface area contributed by atoms with Crippen LogP contribution in [0.15, 0.2) is 83.8 Å². The lowest BCUT2D eigenvalue weighted by atomic mass is 9.94. The Hall–Kier alpha value is -3.95. The predicted molar refractivity (Wildman–Crippen MR) is 173 cm³/mol. The smallest absolute Gasteiger partial charge is 0.411 e. The van der Waals surface area contributed by atoms with Crippen LogP contribution in [-0.4, -0.2) is 79.4 Å². The van der Waals surface area contributed by atoms with Crippen molar-refractivity contribution in [2.24, 2.45) is 0 Å². The molecule has 1 fully saturated rings. The number of likely N-dealkylation sites (N-methyl/N-ethyl adjacent to an activating group) is 1. The Morgan fingerprint density at radius 3 is 2.42 bits per heavy atom. The van der Waals surface area contributed by atoms with Crippen LogP contribution in [0.5, 0.6) is 0 Å². The molecule has 0 bridgehead atoms. The molecule has 0 N–H and O–H groups in total. The van der Waals surface area contributed by atoms with E-state index in [1.165, 1.54) is 16.4 Å². The van der Waals surface area contributed by atoms with E-state index in [4.69, 9.17) is 22.8 Å². The maximum absolute atomic E-state index is 13.3. The van der Waals surface area contributed by atoms with Gasteiger partial charge in [0.15, 0.2) is 0 Å². The highest BCUT2D eigenvalue weighted by molar-refractivity contribution is 7.89. The third-order valence-corrected chi connectivity index (χ3v) is 10.1. The first-order valence-electron chi connectivity index (χ1n) is 14.7. The molecule has 1 saturated heterocycles. The summed E-state index contributed by atoms with van der Waals surface area (Å²) in [4.78, 5) is 27.5. The molecule has 1 atom stereocenters. The van der Waals surface area contributed by atoms with E-state index in [0.717, 1.165) is 25.2 Å². The third-order valence-electron chi connectivity index (χ3n) is 8.05. The molecule has 1 aliphatic rings. The number of halogens is 1. The van der Waals surface area contributed by atoms with Crippen LogP contribution in [0.4, 0.5) is 10.5 Å². The first-order valence-corrected chi connectivity index (χ1v) is 16.5. The molecule has 238 valence electrons. The van der Waals surface area contributed by atoms with Crippen molar-refractivity contribution >= 4 is 33.4 Å². The zero-order valence-corrected chi connectivity index (χ0v) is 26.7. The van der Waals surface area contributed by atoms with Crippen LogP contribution in [0, 0.1) is 22.5 Å². The van der Waals surface area contributed by atoms with Gasteiger partial charge in [0.2, 0.25) is 10.0 Å². The Labute approximate surface area is 269 Å². The van der Waals surface area contributed by atoms with Crippen molar-refractivity contribution in [1.29, 1.82) is 0 Å². The van der Waals surface area contributed by atoms with Crippen molar-refractivity contribution in [2.75, 3.05) is 39.8 Å². The highest BCUT2D eigenvalue weighted by Crippen LogP contribution is 2.27. The van der Waals surface area contributed by atoms with E-state index < -0.39 is 21.0 Å². The lowest BCUT2D eigenvalue weighted by Gasteiger charge is -2.37. The summed E-state index contributed by atoms with van der Waals surface area (Å²) in [6, 6.07) is 21.7. The minimum absolute atomic E-state index is 0.0178. The number of nitro benzene ring substituents is 1. The van der Waals surface area contributed by atoms with Crippen LogP contribution in [0.3, 0.4) is 0 Å². The second-order valence-electron chi connectivity index (χ2n) is 11.0. The number of benzene rings is 3. The van der Waals surface area contributed by atoms with Gasteiger partial charge in [-0.05, 0) is 79.3 Å². The summed E-state index contributed by atoms with van der Waals surface area (Å²) in [6.45, 7) is 2.61. The number of likely N-dealkylation sites (tertiary alicyclic amines) is 1. The Kier molecular flexibility index (Phi) is 12.0. The maximum atomic E-state index is 13.3. The van der Waals surface area contributed by atoms with Crippen molar-refractivity contribution in [3.05, 3.63) is 105 Å². The zero-order chi connectivity index (χ0) is 32.4. The monoisotopic (exact) mass is 652 g/mol. The molecule has 1 unspecified atom stereocenters. The number of ether oxygens (including phenoxy) is 1. The average Bonchev–Trinajstić information content (AvgIpc) is 3.05. The molecule has 3 aromatic carbocycles. The highest BCUT2D eigenvalue weighted by atomic mass is 35.5. The maximum Gasteiger partial charge on any atom is 0.411 e. The van der Waals surface area contributed by atoms with Gasteiger partial charge < -0.3 is 9.64 Å². The molecule has 45 heavy (non-hydrogen) atoms. The number of carbonyl (C=O) groups excluding carboxylic acids is 1. The highest BCUT2D eigenvalue weighted by Gasteiger charge is 2.30. The van der Waals surface area contributed by atoms with E-state index in [1.54, 1.807) is 60.5 Å². The molecule has 3 aromatic rings. The fourth-order valence-electron chi connectivity index (χ4n) is 5.48. The lowest BCUT2D eigenvalue weighted by molar-refractivity contribution is -0.384. The first kappa shape index (κ1) is 33.9. The van der Waals surface area contributed by atoms with Gasteiger partial charge in [-0.25, -0.2) is 17.5 Å². The van der Waals surface area contributed by atoms with Crippen LogP contribution in [-0.2, 0) is 21.4 Å². The Morgan fingerprint density at radius 1 is 1.11 bits per heavy atom. The molecule has 0 aromatic heterocycles. The number of nitrogens with zero attached hydrogens (tertiary/aromatic N) is 4. The van der Waals surface area contributed by atoms with Crippen molar-refractivity contribution in [1.82, 2.24) is 14.1 Å². The molecule has 1 amide bonds. The van der Waals surface area contributed by atoms with E-state index >= 15 is 0 Å². The van der Waals surface area contributed by atoms with E-state index in [1.807, 2.05) is 18.2 Å². The van der Waals surface area contributed by atoms with Gasteiger partial charge in [0, 0.05) is 49.9 Å². The lowest BCUT2D eigenvalue weighted by Crippen LogP contribution is -2.48. The van der Waals surface area contributed by atoms with Gasteiger partial charge in [0.1, 0.15) is 6.61 Å². The average molecular weight is 653 g/mol. The van der Waals surface area contributed by atoms with E-state index in [-0.39, 0.29) is 35.7 Å². The predicted octanol–water partition coefficient (Wildman–Crippen LogP) is 5.78. The molecular formula is C33H37ClN4O6S. The molecule has 12 heteroatoms. The van der Waals surface area contributed by atoms with E-state index in [2.05, 4.69) is 10.8 Å². The van der Waals surface area contributed by atoms with Crippen molar-refractivity contribution < 1.29 is 22.9 Å². The summed E-state index contributed by atoms with van der Waals surface area (Å²) in [5.41, 5.74) is 1.58.